The standard InChI is InChI=1S/C62H43N3/c1-6-16-44(17-7-1)46-26-32-53(33-27-46)64(54-34-28-47(29-35-54)45-18-8-2-9-19-45)58-42-43-60-62-57(58)39-38-56-55(40-41-59(61(56)62)65(60)51-24-14-5-15-25-51)48-30-36-52(37-31-48)63(49-20-10-3-11-21-49)50-22-12-4-13-23-50/h1-43H. The Labute approximate surface area is 379 Å². The molecule has 12 aromatic rings. The van der Waals surface area contributed by atoms with Crippen LogP contribution in [0.4, 0.5) is 34.1 Å². The number of anilines is 6. The predicted molar refractivity (Wildman–Crippen MR) is 275 cm³/mol. The molecule has 3 heteroatoms. The number of hydrogen-bond acceptors (Lipinski definition) is 2. The summed E-state index contributed by atoms with van der Waals surface area (Å²) >= 11 is 0. The molecule has 306 valence electrons. The Morgan fingerprint density at radius 1 is 0.246 bits per heavy atom. The fourth-order valence-electron chi connectivity index (χ4n) is 9.73. The van der Waals surface area contributed by atoms with E-state index < -0.39 is 0 Å². The Morgan fingerprint density at radius 2 is 0.615 bits per heavy atom. The lowest BCUT2D eigenvalue weighted by molar-refractivity contribution is 1.18. The molecule has 0 aliphatic heterocycles. The summed E-state index contributed by atoms with van der Waals surface area (Å²) in [4.78, 5) is 4.74. The quantitative estimate of drug-likeness (QED) is 0.127. The van der Waals surface area contributed by atoms with Gasteiger partial charge in [0.15, 0.2) is 0 Å². The van der Waals surface area contributed by atoms with Crippen LogP contribution in [-0.4, -0.2) is 4.57 Å². The van der Waals surface area contributed by atoms with Gasteiger partial charge >= 0.3 is 0 Å². The topological polar surface area (TPSA) is 11.4 Å². The molecular formula is C62H43N3. The van der Waals surface area contributed by atoms with Gasteiger partial charge in [0, 0.05) is 50.3 Å². The van der Waals surface area contributed by atoms with E-state index in [1.165, 1.54) is 66.0 Å². The van der Waals surface area contributed by atoms with Gasteiger partial charge in [-0.15, -0.1) is 0 Å². The first-order valence-corrected chi connectivity index (χ1v) is 22.3. The van der Waals surface area contributed by atoms with Crippen LogP contribution in [0.25, 0.3) is 71.6 Å². The Hall–Kier alpha value is -8.66. The van der Waals surface area contributed by atoms with Gasteiger partial charge in [0.2, 0.25) is 0 Å². The lowest BCUT2D eigenvalue weighted by Gasteiger charge is -2.27. The number of hydrogen-bond donors (Lipinski definition) is 0. The molecule has 0 amide bonds. The van der Waals surface area contributed by atoms with Crippen LogP contribution >= 0.6 is 0 Å². The van der Waals surface area contributed by atoms with Crippen LogP contribution in [0.15, 0.2) is 261 Å². The van der Waals surface area contributed by atoms with Gasteiger partial charge in [-0.1, -0.05) is 170 Å². The summed E-state index contributed by atoms with van der Waals surface area (Å²) in [7, 11) is 0. The number of nitrogens with zero attached hydrogens (tertiary/aromatic N) is 3. The van der Waals surface area contributed by atoms with Gasteiger partial charge in [-0.3, -0.25) is 0 Å². The maximum atomic E-state index is 2.44. The Morgan fingerprint density at radius 3 is 1.12 bits per heavy atom. The van der Waals surface area contributed by atoms with Gasteiger partial charge in [0.25, 0.3) is 0 Å². The third-order valence-electron chi connectivity index (χ3n) is 12.8. The monoisotopic (exact) mass is 829 g/mol. The Kier molecular flexibility index (Phi) is 9.50. The maximum absolute atomic E-state index is 2.44. The number of para-hydroxylation sites is 3. The van der Waals surface area contributed by atoms with Gasteiger partial charge in [0.05, 0.1) is 16.7 Å². The van der Waals surface area contributed by atoms with Gasteiger partial charge in [-0.05, 0) is 130 Å². The summed E-state index contributed by atoms with van der Waals surface area (Å²) in [5.41, 5.74) is 17.4. The molecule has 3 nitrogen and oxygen atoms in total. The highest BCUT2D eigenvalue weighted by Crippen LogP contribution is 2.48. The molecule has 0 saturated carbocycles. The second-order valence-corrected chi connectivity index (χ2v) is 16.5. The molecule has 12 rings (SSSR count). The van der Waals surface area contributed by atoms with E-state index in [9.17, 15) is 0 Å². The van der Waals surface area contributed by atoms with E-state index in [0.29, 0.717) is 0 Å². The molecule has 1 heterocycles. The summed E-state index contributed by atoms with van der Waals surface area (Å²) < 4.78 is 2.44. The molecule has 0 aliphatic carbocycles. The first kappa shape index (κ1) is 38.0. The van der Waals surface area contributed by atoms with Crippen LogP contribution < -0.4 is 9.80 Å². The van der Waals surface area contributed by atoms with Crippen molar-refractivity contribution in [3.05, 3.63) is 261 Å². The molecule has 65 heavy (non-hydrogen) atoms. The molecule has 0 atom stereocenters. The van der Waals surface area contributed by atoms with E-state index in [-0.39, 0.29) is 0 Å². The zero-order chi connectivity index (χ0) is 43.1. The van der Waals surface area contributed by atoms with Gasteiger partial charge in [-0.2, -0.15) is 0 Å². The Bertz CT molecular complexity index is 3410. The number of benzene rings is 11. The zero-order valence-corrected chi connectivity index (χ0v) is 35.7. The molecule has 0 unspecified atom stereocenters. The van der Waals surface area contributed by atoms with E-state index in [2.05, 4.69) is 275 Å². The highest BCUT2D eigenvalue weighted by molar-refractivity contribution is 6.29. The van der Waals surface area contributed by atoms with Crippen LogP contribution in [0, 0.1) is 0 Å². The van der Waals surface area contributed by atoms with Crippen LogP contribution in [0.2, 0.25) is 0 Å². The molecule has 0 spiro atoms. The average molecular weight is 830 g/mol. The molecular weight excluding hydrogens is 787 g/mol. The molecule has 0 N–H and O–H groups in total. The SMILES string of the molecule is c1ccc(-c2ccc(N(c3ccc(-c4ccccc4)cc3)c3ccc4c5c3ccc3c(-c6ccc(N(c7ccccc7)c7ccccc7)cc6)ccc(c35)n4-c3ccccc3)cc2)cc1. The van der Waals surface area contributed by atoms with Crippen molar-refractivity contribution in [3.8, 4) is 39.1 Å². The lowest BCUT2D eigenvalue weighted by atomic mass is 9.93. The minimum absolute atomic E-state index is 1.10. The van der Waals surface area contributed by atoms with Crippen molar-refractivity contribution in [2.45, 2.75) is 0 Å². The molecule has 0 aliphatic rings. The van der Waals surface area contributed by atoms with Crippen LogP contribution in [0.5, 0.6) is 0 Å². The fourth-order valence-corrected chi connectivity index (χ4v) is 9.73. The largest absolute Gasteiger partial charge is 0.311 e. The summed E-state index contributed by atoms with van der Waals surface area (Å²) in [6.07, 6.45) is 0. The van der Waals surface area contributed by atoms with Crippen molar-refractivity contribution in [3.63, 3.8) is 0 Å². The van der Waals surface area contributed by atoms with Gasteiger partial charge in [-0.25, -0.2) is 0 Å². The van der Waals surface area contributed by atoms with Crippen molar-refractivity contribution in [1.29, 1.82) is 0 Å². The first-order valence-electron chi connectivity index (χ1n) is 22.3. The van der Waals surface area contributed by atoms with Crippen molar-refractivity contribution in [2.75, 3.05) is 9.80 Å². The molecule has 1 aromatic heterocycles. The summed E-state index contributed by atoms with van der Waals surface area (Å²) in [5, 5.41) is 4.94. The third-order valence-corrected chi connectivity index (χ3v) is 12.8. The van der Waals surface area contributed by atoms with E-state index in [0.717, 1.165) is 39.8 Å². The Balaban J connectivity index is 1.03. The van der Waals surface area contributed by atoms with Gasteiger partial charge in [0.1, 0.15) is 0 Å². The van der Waals surface area contributed by atoms with Crippen LogP contribution in [0.1, 0.15) is 0 Å². The second kappa shape index (κ2) is 16.2. The predicted octanol–water partition coefficient (Wildman–Crippen LogP) is 17.3. The lowest BCUT2D eigenvalue weighted by Crippen LogP contribution is -2.10. The highest BCUT2D eigenvalue weighted by atomic mass is 15.1. The molecule has 0 radical (unpaired) electrons. The summed E-state index contributed by atoms with van der Waals surface area (Å²) in [6.45, 7) is 0. The molecule has 11 aromatic carbocycles. The normalized spacial score (nSPS) is 11.4. The van der Waals surface area contributed by atoms with E-state index >= 15 is 0 Å². The van der Waals surface area contributed by atoms with E-state index in [1.54, 1.807) is 0 Å². The maximum Gasteiger partial charge on any atom is 0.0548 e. The molecule has 0 saturated heterocycles. The van der Waals surface area contributed by atoms with Crippen molar-refractivity contribution < 1.29 is 0 Å². The number of rotatable bonds is 10. The first-order chi connectivity index (χ1) is 32.3. The van der Waals surface area contributed by atoms with Crippen LogP contribution in [0.3, 0.4) is 0 Å². The van der Waals surface area contributed by atoms with Crippen molar-refractivity contribution in [1.82, 2.24) is 4.57 Å². The second-order valence-electron chi connectivity index (χ2n) is 16.5. The van der Waals surface area contributed by atoms with Crippen LogP contribution in [-0.2, 0) is 0 Å². The van der Waals surface area contributed by atoms with E-state index in [1.807, 2.05) is 0 Å². The number of aromatic nitrogens is 1. The highest BCUT2D eigenvalue weighted by Gasteiger charge is 2.24. The average Bonchev–Trinajstić information content (AvgIpc) is 3.73. The molecule has 0 fully saturated rings. The minimum Gasteiger partial charge on any atom is -0.311 e. The zero-order valence-electron chi connectivity index (χ0n) is 35.7. The molecule has 0 bridgehead atoms. The summed E-state index contributed by atoms with van der Waals surface area (Å²) in [6, 6.07) is 94.2. The minimum atomic E-state index is 1.10. The smallest absolute Gasteiger partial charge is 0.0548 e. The van der Waals surface area contributed by atoms with Gasteiger partial charge < -0.3 is 14.4 Å². The fraction of sp³-hybridized carbons (Fsp3) is 0. The third kappa shape index (κ3) is 6.78. The van der Waals surface area contributed by atoms with E-state index in [4.69, 9.17) is 0 Å². The summed E-state index contributed by atoms with van der Waals surface area (Å²) in [5.74, 6) is 0. The van der Waals surface area contributed by atoms with Crippen molar-refractivity contribution in [2.24, 2.45) is 0 Å². The van der Waals surface area contributed by atoms with Crippen molar-refractivity contribution >= 4 is 66.7 Å².